The van der Waals surface area contributed by atoms with Crippen LogP contribution in [0.5, 0.6) is 0 Å². The summed E-state index contributed by atoms with van der Waals surface area (Å²) in [6.45, 7) is 1.99. The van der Waals surface area contributed by atoms with Gasteiger partial charge in [-0.15, -0.1) is 0 Å². The third-order valence-corrected chi connectivity index (χ3v) is 3.23. The number of aromatic nitrogens is 3. The summed E-state index contributed by atoms with van der Waals surface area (Å²) in [7, 11) is 0. The number of hydrogen-bond donors (Lipinski definition) is 2. The Morgan fingerprint density at radius 1 is 1.37 bits per heavy atom. The standard InChI is InChI=1S/C14H16N4O/c1-2-13-17-14(19-18-13)11(15)7-9-8-16-12-6-4-3-5-10(9)12/h3-6,8,11,16H,2,7,15H2,1H3/t11-/m1/s1. The molecule has 0 saturated heterocycles. The Labute approximate surface area is 110 Å². The fourth-order valence-electron chi connectivity index (χ4n) is 2.19. The zero-order valence-corrected chi connectivity index (χ0v) is 10.8. The van der Waals surface area contributed by atoms with Gasteiger partial charge >= 0.3 is 0 Å². The molecule has 2 heterocycles. The average Bonchev–Trinajstić information content (AvgIpc) is 3.06. The van der Waals surface area contributed by atoms with Crippen LogP contribution in [-0.4, -0.2) is 15.1 Å². The minimum Gasteiger partial charge on any atom is -0.361 e. The van der Waals surface area contributed by atoms with E-state index in [0.717, 1.165) is 11.9 Å². The van der Waals surface area contributed by atoms with Gasteiger partial charge in [0.05, 0.1) is 6.04 Å². The summed E-state index contributed by atoms with van der Waals surface area (Å²) in [4.78, 5) is 7.52. The number of aryl methyl sites for hydroxylation is 1. The first-order chi connectivity index (χ1) is 9.28. The van der Waals surface area contributed by atoms with Gasteiger partial charge in [0.15, 0.2) is 5.82 Å². The van der Waals surface area contributed by atoms with E-state index < -0.39 is 0 Å². The highest BCUT2D eigenvalue weighted by molar-refractivity contribution is 5.83. The average molecular weight is 256 g/mol. The molecule has 5 nitrogen and oxygen atoms in total. The van der Waals surface area contributed by atoms with Crippen LogP contribution in [-0.2, 0) is 12.8 Å². The van der Waals surface area contributed by atoms with Crippen molar-refractivity contribution < 1.29 is 4.52 Å². The molecule has 19 heavy (non-hydrogen) atoms. The second-order valence-electron chi connectivity index (χ2n) is 4.57. The van der Waals surface area contributed by atoms with Gasteiger partial charge in [-0.25, -0.2) is 0 Å². The molecule has 0 fully saturated rings. The maximum Gasteiger partial charge on any atom is 0.243 e. The molecule has 0 aliphatic heterocycles. The van der Waals surface area contributed by atoms with Crippen LogP contribution in [0.3, 0.4) is 0 Å². The van der Waals surface area contributed by atoms with Crippen LogP contribution >= 0.6 is 0 Å². The number of fused-ring (bicyclic) bond motifs is 1. The molecule has 3 rings (SSSR count). The second-order valence-corrected chi connectivity index (χ2v) is 4.57. The van der Waals surface area contributed by atoms with E-state index in [-0.39, 0.29) is 6.04 Å². The van der Waals surface area contributed by atoms with E-state index in [1.165, 1.54) is 10.9 Å². The Kier molecular flexibility index (Phi) is 3.05. The normalized spacial score (nSPS) is 12.9. The molecule has 0 radical (unpaired) electrons. The number of aromatic amines is 1. The van der Waals surface area contributed by atoms with E-state index in [0.29, 0.717) is 18.1 Å². The Hall–Kier alpha value is -2.14. The topological polar surface area (TPSA) is 80.7 Å². The summed E-state index contributed by atoms with van der Waals surface area (Å²) in [5.74, 6) is 1.20. The zero-order valence-electron chi connectivity index (χ0n) is 10.8. The van der Waals surface area contributed by atoms with Crippen molar-refractivity contribution in [2.75, 3.05) is 0 Å². The number of nitrogens with two attached hydrogens (primary N) is 1. The quantitative estimate of drug-likeness (QED) is 0.750. The van der Waals surface area contributed by atoms with Gasteiger partial charge < -0.3 is 15.2 Å². The minimum absolute atomic E-state index is 0.271. The molecule has 1 aromatic carbocycles. The maximum absolute atomic E-state index is 6.14. The highest BCUT2D eigenvalue weighted by Gasteiger charge is 2.16. The molecule has 2 aromatic heterocycles. The summed E-state index contributed by atoms with van der Waals surface area (Å²) in [6.07, 6.45) is 3.42. The van der Waals surface area contributed by atoms with Crippen molar-refractivity contribution in [2.45, 2.75) is 25.8 Å². The molecule has 0 unspecified atom stereocenters. The number of hydrogen-bond acceptors (Lipinski definition) is 4. The van der Waals surface area contributed by atoms with Crippen LogP contribution in [0.1, 0.15) is 30.2 Å². The van der Waals surface area contributed by atoms with E-state index in [9.17, 15) is 0 Å². The summed E-state index contributed by atoms with van der Waals surface area (Å²) in [5.41, 5.74) is 8.42. The number of rotatable bonds is 4. The van der Waals surface area contributed by atoms with Crippen LogP contribution in [0.25, 0.3) is 10.9 Å². The predicted molar refractivity (Wildman–Crippen MR) is 72.6 cm³/mol. The summed E-state index contributed by atoms with van der Waals surface area (Å²) < 4.78 is 5.18. The first-order valence-electron chi connectivity index (χ1n) is 6.41. The third kappa shape index (κ3) is 2.24. The summed E-state index contributed by atoms with van der Waals surface area (Å²) >= 11 is 0. The first kappa shape index (κ1) is 11.9. The van der Waals surface area contributed by atoms with E-state index >= 15 is 0 Å². The van der Waals surface area contributed by atoms with E-state index in [4.69, 9.17) is 10.3 Å². The van der Waals surface area contributed by atoms with Crippen molar-refractivity contribution in [1.29, 1.82) is 0 Å². The lowest BCUT2D eigenvalue weighted by atomic mass is 10.1. The fourth-order valence-corrected chi connectivity index (χ4v) is 2.19. The van der Waals surface area contributed by atoms with Gasteiger partial charge in [0, 0.05) is 23.5 Å². The molecule has 0 aliphatic carbocycles. The van der Waals surface area contributed by atoms with E-state index in [2.05, 4.69) is 21.2 Å². The van der Waals surface area contributed by atoms with Crippen LogP contribution in [0.2, 0.25) is 0 Å². The second kappa shape index (κ2) is 4.85. The van der Waals surface area contributed by atoms with Crippen LogP contribution in [0, 0.1) is 0 Å². The molecule has 0 saturated carbocycles. The van der Waals surface area contributed by atoms with Gasteiger partial charge in [-0.1, -0.05) is 30.3 Å². The van der Waals surface area contributed by atoms with Crippen molar-refractivity contribution in [3.05, 3.63) is 47.7 Å². The van der Waals surface area contributed by atoms with Gasteiger partial charge in [0.1, 0.15) is 0 Å². The first-order valence-corrected chi connectivity index (χ1v) is 6.41. The maximum atomic E-state index is 6.14. The number of para-hydroxylation sites is 1. The Morgan fingerprint density at radius 3 is 3.00 bits per heavy atom. The van der Waals surface area contributed by atoms with E-state index in [1.54, 1.807) is 0 Å². The Morgan fingerprint density at radius 2 is 2.21 bits per heavy atom. The monoisotopic (exact) mass is 256 g/mol. The smallest absolute Gasteiger partial charge is 0.243 e. The Bertz CT molecular complexity index is 685. The molecule has 98 valence electrons. The summed E-state index contributed by atoms with van der Waals surface area (Å²) in [5, 5.41) is 5.06. The summed E-state index contributed by atoms with van der Waals surface area (Å²) in [6, 6.07) is 7.89. The molecule has 1 atom stereocenters. The van der Waals surface area contributed by atoms with Crippen molar-refractivity contribution >= 4 is 10.9 Å². The highest BCUT2D eigenvalue weighted by Crippen LogP contribution is 2.22. The van der Waals surface area contributed by atoms with Crippen molar-refractivity contribution in [1.82, 2.24) is 15.1 Å². The lowest BCUT2D eigenvalue weighted by Crippen LogP contribution is -2.13. The molecular formula is C14H16N4O. The Balaban J connectivity index is 1.84. The van der Waals surface area contributed by atoms with Crippen LogP contribution in [0.4, 0.5) is 0 Å². The highest BCUT2D eigenvalue weighted by atomic mass is 16.5. The molecule has 3 aromatic rings. The molecule has 5 heteroatoms. The van der Waals surface area contributed by atoms with Gasteiger partial charge in [-0.05, 0) is 18.1 Å². The SMILES string of the molecule is CCc1noc([C@H](N)Cc2c[nH]c3ccccc23)n1. The number of nitrogens with one attached hydrogen (secondary N) is 1. The molecule has 0 aliphatic rings. The van der Waals surface area contributed by atoms with Gasteiger partial charge in [0.25, 0.3) is 0 Å². The molecule has 3 N–H and O–H groups in total. The van der Waals surface area contributed by atoms with Crippen LogP contribution in [0.15, 0.2) is 35.0 Å². The number of H-pyrrole nitrogens is 1. The molecule has 0 bridgehead atoms. The van der Waals surface area contributed by atoms with Gasteiger partial charge in [-0.3, -0.25) is 0 Å². The third-order valence-electron chi connectivity index (χ3n) is 3.23. The van der Waals surface area contributed by atoms with Gasteiger partial charge in [-0.2, -0.15) is 4.98 Å². The predicted octanol–water partition coefficient (Wildman–Crippen LogP) is 2.36. The van der Waals surface area contributed by atoms with E-state index in [1.807, 2.05) is 31.3 Å². The zero-order chi connectivity index (χ0) is 13.2. The lowest BCUT2D eigenvalue weighted by molar-refractivity contribution is 0.350. The molecule has 0 amide bonds. The largest absolute Gasteiger partial charge is 0.361 e. The van der Waals surface area contributed by atoms with Crippen molar-refractivity contribution in [3.8, 4) is 0 Å². The number of benzene rings is 1. The van der Waals surface area contributed by atoms with Crippen molar-refractivity contribution in [2.24, 2.45) is 5.73 Å². The molecular weight excluding hydrogens is 240 g/mol. The number of nitrogens with zero attached hydrogens (tertiary/aromatic N) is 2. The van der Waals surface area contributed by atoms with Crippen LogP contribution < -0.4 is 5.73 Å². The lowest BCUT2D eigenvalue weighted by Gasteiger charge is -2.05. The fraction of sp³-hybridized carbons (Fsp3) is 0.286. The van der Waals surface area contributed by atoms with Crippen molar-refractivity contribution in [3.63, 3.8) is 0 Å². The minimum atomic E-state index is -0.271. The molecule has 0 spiro atoms. The van der Waals surface area contributed by atoms with Gasteiger partial charge in [0.2, 0.25) is 5.89 Å².